The van der Waals surface area contributed by atoms with Gasteiger partial charge in [0.05, 0.1) is 13.2 Å². The van der Waals surface area contributed by atoms with E-state index in [0.29, 0.717) is 0 Å². The van der Waals surface area contributed by atoms with Crippen LogP contribution in [0.25, 0.3) is 0 Å². The normalized spacial score (nSPS) is 21.1. The zero-order chi connectivity index (χ0) is 10.8. The Morgan fingerprint density at radius 1 is 1.12 bits per heavy atom. The van der Waals surface area contributed by atoms with Crippen molar-refractivity contribution < 1.29 is 9.47 Å². The quantitative estimate of drug-likeness (QED) is 0.699. The Bertz CT molecular complexity index is 377. The summed E-state index contributed by atoms with van der Waals surface area (Å²) in [6, 6.07) is 6.30. The summed E-state index contributed by atoms with van der Waals surface area (Å²) in [5.41, 5.74) is 1.27. The van der Waals surface area contributed by atoms with Crippen molar-refractivity contribution in [3.63, 3.8) is 0 Å². The zero-order valence-electron chi connectivity index (χ0n) is 9.24. The maximum atomic E-state index is 5.70. The molecule has 0 aromatic heterocycles. The van der Waals surface area contributed by atoms with Gasteiger partial charge in [0.2, 0.25) is 0 Å². The Hall–Kier alpha value is -0.950. The van der Waals surface area contributed by atoms with E-state index in [1.807, 2.05) is 6.07 Å². The van der Waals surface area contributed by atoms with E-state index >= 15 is 0 Å². The lowest BCUT2D eigenvalue weighted by Gasteiger charge is -2.18. The number of fused-ring (bicyclic) bond motifs is 1. The number of rotatable bonds is 1. The van der Waals surface area contributed by atoms with Gasteiger partial charge in [0.1, 0.15) is 0 Å². The monoisotopic (exact) mass is 237 g/mol. The van der Waals surface area contributed by atoms with E-state index in [2.05, 4.69) is 17.0 Å². The standard InChI is InChI=1S/C12H16NO2P/c1-5-14-11-3-2-10(8-12(11)15-6-1)13-4-7-16-9-13/h2-3,8,16H,1,4-7,9H2. The van der Waals surface area contributed by atoms with Gasteiger partial charge in [-0.05, 0) is 18.3 Å². The van der Waals surface area contributed by atoms with Crippen molar-refractivity contribution in [3.8, 4) is 11.5 Å². The number of benzene rings is 1. The maximum absolute atomic E-state index is 5.70. The molecule has 1 atom stereocenters. The van der Waals surface area contributed by atoms with Crippen molar-refractivity contribution in [3.05, 3.63) is 18.2 Å². The summed E-state index contributed by atoms with van der Waals surface area (Å²) in [5.74, 6) is 1.80. The first kappa shape index (κ1) is 10.2. The first-order valence-corrected chi connectivity index (χ1v) is 7.20. The fourth-order valence-electron chi connectivity index (χ4n) is 2.08. The van der Waals surface area contributed by atoms with E-state index < -0.39 is 0 Å². The third-order valence-electron chi connectivity index (χ3n) is 2.96. The third kappa shape index (κ3) is 1.97. The van der Waals surface area contributed by atoms with Gasteiger partial charge < -0.3 is 14.4 Å². The molecular weight excluding hydrogens is 221 g/mol. The summed E-state index contributed by atoms with van der Waals surface area (Å²) in [7, 11) is 1.08. The minimum Gasteiger partial charge on any atom is -0.490 e. The Morgan fingerprint density at radius 2 is 2.00 bits per heavy atom. The van der Waals surface area contributed by atoms with Crippen molar-refractivity contribution >= 4 is 14.3 Å². The number of hydrogen-bond donors (Lipinski definition) is 0. The molecule has 3 rings (SSSR count). The Balaban J connectivity index is 1.88. The molecule has 0 saturated carbocycles. The predicted molar refractivity (Wildman–Crippen MR) is 67.4 cm³/mol. The summed E-state index contributed by atoms with van der Waals surface area (Å²) in [6.07, 6.45) is 3.49. The average Bonchev–Trinajstić information content (AvgIpc) is 2.74. The molecule has 0 bridgehead atoms. The van der Waals surface area contributed by atoms with Crippen LogP contribution in [0.5, 0.6) is 11.5 Å². The van der Waals surface area contributed by atoms with Crippen LogP contribution >= 0.6 is 8.58 Å². The van der Waals surface area contributed by atoms with Gasteiger partial charge in [-0.3, -0.25) is 0 Å². The lowest BCUT2D eigenvalue weighted by molar-refractivity contribution is 0.297. The second kappa shape index (κ2) is 4.50. The molecule has 4 heteroatoms. The van der Waals surface area contributed by atoms with E-state index in [0.717, 1.165) is 39.7 Å². The molecule has 3 nitrogen and oxygen atoms in total. The maximum Gasteiger partial charge on any atom is 0.163 e. The zero-order valence-corrected chi connectivity index (χ0v) is 10.2. The first-order chi connectivity index (χ1) is 7.93. The second-order valence-corrected chi connectivity index (χ2v) is 5.42. The van der Waals surface area contributed by atoms with Gasteiger partial charge in [0.25, 0.3) is 0 Å². The molecule has 1 aromatic carbocycles. The van der Waals surface area contributed by atoms with Gasteiger partial charge in [0.15, 0.2) is 11.5 Å². The van der Waals surface area contributed by atoms with E-state index in [1.54, 1.807) is 0 Å². The predicted octanol–water partition coefficient (Wildman–Crippen LogP) is 2.30. The molecule has 1 aromatic rings. The average molecular weight is 237 g/mol. The molecule has 0 radical (unpaired) electrons. The summed E-state index contributed by atoms with van der Waals surface area (Å²) in [6.45, 7) is 2.70. The SMILES string of the molecule is c1cc2c(cc1N1CCPC1)OCCCO2. The van der Waals surface area contributed by atoms with Crippen LogP contribution in [-0.2, 0) is 0 Å². The fourth-order valence-corrected chi connectivity index (χ4v) is 3.27. The van der Waals surface area contributed by atoms with E-state index in [4.69, 9.17) is 9.47 Å². The van der Waals surface area contributed by atoms with Gasteiger partial charge in [-0.2, -0.15) is 0 Å². The molecular formula is C12H16NO2P. The Kier molecular flexibility index (Phi) is 2.88. The molecule has 1 saturated heterocycles. The smallest absolute Gasteiger partial charge is 0.163 e. The number of hydrogen-bond acceptors (Lipinski definition) is 3. The summed E-state index contributed by atoms with van der Waals surface area (Å²) in [4.78, 5) is 2.42. The van der Waals surface area contributed by atoms with Gasteiger partial charge in [-0.15, -0.1) is 0 Å². The summed E-state index contributed by atoms with van der Waals surface area (Å²) >= 11 is 0. The Morgan fingerprint density at radius 3 is 2.81 bits per heavy atom. The number of nitrogens with zero attached hydrogens (tertiary/aromatic N) is 1. The lowest BCUT2D eigenvalue weighted by atomic mass is 10.2. The molecule has 0 N–H and O–H groups in total. The minimum absolute atomic E-state index is 0.761. The molecule has 86 valence electrons. The van der Waals surface area contributed by atoms with Crippen molar-refractivity contribution in [2.45, 2.75) is 6.42 Å². The van der Waals surface area contributed by atoms with Crippen LogP contribution < -0.4 is 14.4 Å². The van der Waals surface area contributed by atoms with Gasteiger partial charge in [0, 0.05) is 31.0 Å². The van der Waals surface area contributed by atoms with Crippen LogP contribution in [0.2, 0.25) is 0 Å². The van der Waals surface area contributed by atoms with Crippen molar-refractivity contribution in [1.29, 1.82) is 0 Å². The third-order valence-corrected chi connectivity index (χ3v) is 4.14. The van der Waals surface area contributed by atoms with Crippen LogP contribution in [0.1, 0.15) is 6.42 Å². The highest BCUT2D eigenvalue weighted by Crippen LogP contribution is 2.35. The fraction of sp³-hybridized carbons (Fsp3) is 0.500. The lowest BCUT2D eigenvalue weighted by Crippen LogP contribution is -2.17. The molecule has 2 heterocycles. The number of anilines is 1. The molecule has 0 spiro atoms. The van der Waals surface area contributed by atoms with Crippen molar-refractivity contribution in [2.75, 3.05) is 37.1 Å². The van der Waals surface area contributed by atoms with Gasteiger partial charge >= 0.3 is 0 Å². The second-order valence-electron chi connectivity index (χ2n) is 4.10. The molecule has 16 heavy (non-hydrogen) atoms. The van der Waals surface area contributed by atoms with E-state index in [1.165, 1.54) is 24.7 Å². The highest BCUT2D eigenvalue weighted by atomic mass is 31.1. The molecule has 1 unspecified atom stereocenters. The topological polar surface area (TPSA) is 21.7 Å². The molecule has 2 aliphatic rings. The van der Waals surface area contributed by atoms with Gasteiger partial charge in [-0.1, -0.05) is 8.58 Å². The van der Waals surface area contributed by atoms with Crippen molar-refractivity contribution in [2.24, 2.45) is 0 Å². The summed E-state index contributed by atoms with van der Waals surface area (Å²) in [5, 5.41) is 0. The first-order valence-electron chi connectivity index (χ1n) is 5.79. The van der Waals surface area contributed by atoms with Crippen LogP contribution in [0.3, 0.4) is 0 Å². The van der Waals surface area contributed by atoms with Crippen LogP contribution in [0.4, 0.5) is 5.69 Å². The highest BCUT2D eigenvalue weighted by Gasteiger charge is 2.16. The molecule has 1 fully saturated rings. The van der Waals surface area contributed by atoms with Crippen LogP contribution in [0.15, 0.2) is 18.2 Å². The van der Waals surface area contributed by atoms with Crippen LogP contribution in [-0.4, -0.2) is 32.2 Å². The van der Waals surface area contributed by atoms with E-state index in [9.17, 15) is 0 Å². The van der Waals surface area contributed by atoms with E-state index in [-0.39, 0.29) is 0 Å². The largest absolute Gasteiger partial charge is 0.490 e. The molecule has 0 aliphatic carbocycles. The van der Waals surface area contributed by atoms with Crippen molar-refractivity contribution in [1.82, 2.24) is 0 Å². The Labute approximate surface area is 97.5 Å². The molecule has 0 amide bonds. The molecule has 2 aliphatic heterocycles. The number of ether oxygens (including phenoxy) is 2. The van der Waals surface area contributed by atoms with Gasteiger partial charge in [-0.25, -0.2) is 0 Å². The van der Waals surface area contributed by atoms with Crippen LogP contribution in [0, 0.1) is 0 Å². The highest BCUT2D eigenvalue weighted by molar-refractivity contribution is 7.38. The minimum atomic E-state index is 0.761. The summed E-state index contributed by atoms with van der Waals surface area (Å²) < 4.78 is 11.3.